The van der Waals surface area contributed by atoms with Crippen LogP contribution in [-0.2, 0) is 6.54 Å². The van der Waals surface area contributed by atoms with Crippen LogP contribution in [0.25, 0.3) is 21.2 Å². The fourth-order valence-corrected chi connectivity index (χ4v) is 4.00. The molecule has 0 bridgehead atoms. The standard InChI is InChI=1S/C19H15FN2O3S/c1-3-22-13-8-7-12(20)10-16(13)26-19(22)21-18(23)15-9-11-5-4-6-14(24-2)17(11)25-15/h4-10H,3H2,1-2H3. The second-order valence-electron chi connectivity index (χ2n) is 5.65. The van der Waals surface area contributed by atoms with E-state index in [0.29, 0.717) is 22.7 Å². The van der Waals surface area contributed by atoms with Crippen molar-refractivity contribution in [1.29, 1.82) is 0 Å². The van der Waals surface area contributed by atoms with Crippen LogP contribution < -0.4 is 9.54 Å². The Bertz CT molecular complexity index is 1200. The Morgan fingerprint density at radius 3 is 2.92 bits per heavy atom. The van der Waals surface area contributed by atoms with E-state index in [4.69, 9.17) is 9.15 Å². The number of carbonyl (C=O) groups excluding carboxylic acids is 1. The molecule has 7 heteroatoms. The summed E-state index contributed by atoms with van der Waals surface area (Å²) in [6.07, 6.45) is 0. The van der Waals surface area contributed by atoms with Crippen LogP contribution in [0.15, 0.2) is 51.9 Å². The highest BCUT2D eigenvalue weighted by Gasteiger charge is 2.15. The van der Waals surface area contributed by atoms with Gasteiger partial charge in [-0.3, -0.25) is 4.79 Å². The molecular weight excluding hydrogens is 355 g/mol. The number of amides is 1. The number of hydrogen-bond acceptors (Lipinski definition) is 4. The van der Waals surface area contributed by atoms with E-state index >= 15 is 0 Å². The summed E-state index contributed by atoms with van der Waals surface area (Å²) in [6.45, 7) is 2.57. The summed E-state index contributed by atoms with van der Waals surface area (Å²) in [6, 6.07) is 11.6. The lowest BCUT2D eigenvalue weighted by molar-refractivity contribution is 0.0973. The Morgan fingerprint density at radius 1 is 1.31 bits per heavy atom. The third-order valence-corrected chi connectivity index (χ3v) is 5.14. The second kappa shape index (κ2) is 6.42. The van der Waals surface area contributed by atoms with Gasteiger partial charge < -0.3 is 13.7 Å². The van der Waals surface area contributed by atoms with Gasteiger partial charge >= 0.3 is 5.91 Å². The number of fused-ring (bicyclic) bond motifs is 2. The number of nitrogens with zero attached hydrogens (tertiary/aromatic N) is 2. The number of hydrogen-bond donors (Lipinski definition) is 0. The van der Waals surface area contributed by atoms with E-state index in [9.17, 15) is 9.18 Å². The van der Waals surface area contributed by atoms with Gasteiger partial charge in [0.15, 0.2) is 21.9 Å². The fraction of sp³-hybridized carbons (Fsp3) is 0.158. The van der Waals surface area contributed by atoms with Crippen molar-refractivity contribution in [3.05, 3.63) is 58.8 Å². The minimum absolute atomic E-state index is 0.135. The van der Waals surface area contributed by atoms with E-state index in [1.807, 2.05) is 23.6 Å². The molecule has 4 rings (SSSR count). The van der Waals surface area contributed by atoms with Crippen LogP contribution in [-0.4, -0.2) is 17.6 Å². The largest absolute Gasteiger partial charge is 0.493 e. The van der Waals surface area contributed by atoms with Gasteiger partial charge in [0, 0.05) is 11.9 Å². The van der Waals surface area contributed by atoms with Gasteiger partial charge in [0.1, 0.15) is 5.82 Å². The van der Waals surface area contributed by atoms with Crippen molar-refractivity contribution >= 4 is 38.4 Å². The van der Waals surface area contributed by atoms with Crippen LogP contribution in [0.4, 0.5) is 4.39 Å². The van der Waals surface area contributed by atoms with Gasteiger partial charge in [-0.25, -0.2) is 4.39 Å². The van der Waals surface area contributed by atoms with E-state index < -0.39 is 5.91 Å². The van der Waals surface area contributed by atoms with Crippen molar-refractivity contribution in [2.45, 2.75) is 13.5 Å². The molecule has 2 aromatic heterocycles. The summed E-state index contributed by atoms with van der Waals surface area (Å²) >= 11 is 1.27. The van der Waals surface area contributed by atoms with Crippen molar-refractivity contribution in [3.8, 4) is 5.75 Å². The summed E-state index contributed by atoms with van der Waals surface area (Å²) in [4.78, 5) is 17.3. The molecular formula is C19H15FN2O3S. The van der Waals surface area contributed by atoms with Crippen LogP contribution >= 0.6 is 11.3 Å². The van der Waals surface area contributed by atoms with Crippen LogP contribution in [0.5, 0.6) is 5.75 Å². The van der Waals surface area contributed by atoms with Crippen molar-refractivity contribution in [1.82, 2.24) is 4.57 Å². The number of aromatic nitrogens is 1. The van der Waals surface area contributed by atoms with Gasteiger partial charge in [-0.05, 0) is 37.3 Å². The van der Waals surface area contributed by atoms with Crippen molar-refractivity contribution in [2.75, 3.05) is 7.11 Å². The first-order chi connectivity index (χ1) is 12.6. The zero-order valence-corrected chi connectivity index (χ0v) is 15.0. The highest BCUT2D eigenvalue weighted by atomic mass is 32.1. The Hall–Kier alpha value is -2.93. The van der Waals surface area contributed by atoms with Gasteiger partial charge in [-0.15, -0.1) is 0 Å². The molecule has 0 saturated heterocycles. The van der Waals surface area contributed by atoms with E-state index in [-0.39, 0.29) is 11.6 Å². The van der Waals surface area contributed by atoms with Crippen molar-refractivity contribution in [2.24, 2.45) is 4.99 Å². The zero-order valence-electron chi connectivity index (χ0n) is 14.2. The van der Waals surface area contributed by atoms with Crippen LogP contribution in [0.2, 0.25) is 0 Å². The third-order valence-electron chi connectivity index (χ3n) is 4.10. The molecule has 1 amide bonds. The minimum Gasteiger partial charge on any atom is -0.493 e. The number of furan rings is 1. The van der Waals surface area contributed by atoms with Gasteiger partial charge in [0.2, 0.25) is 0 Å². The first-order valence-corrected chi connectivity index (χ1v) is 8.87. The predicted molar refractivity (Wildman–Crippen MR) is 98.1 cm³/mol. The van der Waals surface area contributed by atoms with Gasteiger partial charge in [-0.1, -0.05) is 23.5 Å². The smallest absolute Gasteiger partial charge is 0.315 e. The van der Waals surface area contributed by atoms with E-state index in [1.54, 1.807) is 25.3 Å². The Morgan fingerprint density at radius 2 is 2.15 bits per heavy atom. The summed E-state index contributed by atoms with van der Waals surface area (Å²) < 4.78 is 27.0. The number of rotatable bonds is 3. The number of thiazole rings is 1. The number of para-hydroxylation sites is 1. The average molecular weight is 370 g/mol. The quantitative estimate of drug-likeness (QED) is 0.538. The summed E-state index contributed by atoms with van der Waals surface area (Å²) in [5.41, 5.74) is 1.35. The van der Waals surface area contributed by atoms with Crippen molar-refractivity contribution in [3.63, 3.8) is 0 Å². The molecule has 2 heterocycles. The lowest BCUT2D eigenvalue weighted by Gasteiger charge is -1.99. The molecule has 5 nitrogen and oxygen atoms in total. The lowest BCUT2D eigenvalue weighted by atomic mass is 10.2. The lowest BCUT2D eigenvalue weighted by Crippen LogP contribution is -2.15. The first kappa shape index (κ1) is 16.5. The molecule has 0 N–H and O–H groups in total. The summed E-state index contributed by atoms with van der Waals surface area (Å²) in [5.74, 6) is -0.111. The monoisotopic (exact) mass is 370 g/mol. The van der Waals surface area contributed by atoms with Crippen molar-refractivity contribution < 1.29 is 18.3 Å². The van der Waals surface area contributed by atoms with E-state index in [1.165, 1.54) is 23.5 Å². The number of ether oxygens (including phenoxy) is 1. The minimum atomic E-state index is -0.488. The molecule has 0 atom stereocenters. The Kier molecular flexibility index (Phi) is 4.08. The zero-order chi connectivity index (χ0) is 18.3. The molecule has 0 spiro atoms. The average Bonchev–Trinajstić information content (AvgIpc) is 3.21. The molecule has 26 heavy (non-hydrogen) atoms. The van der Waals surface area contributed by atoms with E-state index in [2.05, 4.69) is 4.99 Å². The van der Waals surface area contributed by atoms with E-state index in [0.717, 1.165) is 15.6 Å². The Labute approximate surface area is 152 Å². The van der Waals surface area contributed by atoms with Crippen LogP contribution in [0.1, 0.15) is 17.5 Å². The first-order valence-electron chi connectivity index (χ1n) is 8.05. The molecule has 0 aliphatic rings. The topological polar surface area (TPSA) is 56.7 Å². The molecule has 0 fully saturated rings. The molecule has 4 aromatic rings. The number of aryl methyl sites for hydroxylation is 1. The highest BCUT2D eigenvalue weighted by Crippen LogP contribution is 2.28. The second-order valence-corrected chi connectivity index (χ2v) is 6.66. The summed E-state index contributed by atoms with van der Waals surface area (Å²) in [7, 11) is 1.55. The third kappa shape index (κ3) is 2.70. The molecule has 0 radical (unpaired) electrons. The fourth-order valence-electron chi connectivity index (χ4n) is 2.88. The van der Waals surface area contributed by atoms with Crippen LogP contribution in [0.3, 0.4) is 0 Å². The maximum atomic E-state index is 13.5. The van der Waals surface area contributed by atoms with Crippen LogP contribution in [0, 0.1) is 5.82 Å². The number of methoxy groups -OCH3 is 1. The molecule has 0 aliphatic heterocycles. The summed E-state index contributed by atoms with van der Waals surface area (Å²) in [5, 5.41) is 0.768. The van der Waals surface area contributed by atoms with Gasteiger partial charge in [-0.2, -0.15) is 4.99 Å². The molecule has 0 aliphatic carbocycles. The normalized spacial score (nSPS) is 12.2. The molecule has 132 valence electrons. The number of halogens is 1. The van der Waals surface area contributed by atoms with Gasteiger partial charge in [0.05, 0.1) is 17.3 Å². The maximum absolute atomic E-state index is 13.5. The molecule has 0 saturated carbocycles. The molecule has 2 aromatic carbocycles. The predicted octanol–water partition coefficient (Wildman–Crippen LogP) is 4.36. The maximum Gasteiger partial charge on any atom is 0.315 e. The Balaban J connectivity index is 1.83. The number of carbonyl (C=O) groups is 1. The van der Waals surface area contributed by atoms with Gasteiger partial charge in [0.25, 0.3) is 0 Å². The number of benzene rings is 2. The SMILES string of the molecule is CCn1c(=NC(=O)c2cc3cccc(OC)c3o2)sc2cc(F)ccc21. The highest BCUT2D eigenvalue weighted by molar-refractivity contribution is 7.16. The molecule has 0 unspecified atom stereocenters.